The average molecular weight is 299 g/mol. The van der Waals surface area contributed by atoms with Gasteiger partial charge in [-0.05, 0) is 19.8 Å². The molecule has 0 spiro atoms. The van der Waals surface area contributed by atoms with Gasteiger partial charge >= 0.3 is 12.0 Å². The van der Waals surface area contributed by atoms with E-state index in [4.69, 9.17) is 5.11 Å². The zero-order valence-electron chi connectivity index (χ0n) is 13.2. The van der Waals surface area contributed by atoms with Crippen LogP contribution in [0.25, 0.3) is 0 Å². The maximum absolute atomic E-state index is 12.6. The van der Waals surface area contributed by atoms with E-state index in [1.165, 1.54) is 9.80 Å². The van der Waals surface area contributed by atoms with Crippen LogP contribution < -0.4 is 0 Å². The van der Waals surface area contributed by atoms with E-state index in [1.54, 1.807) is 25.9 Å². The van der Waals surface area contributed by atoms with Gasteiger partial charge in [0.25, 0.3) is 0 Å². The first-order valence-corrected chi connectivity index (χ1v) is 7.28. The van der Waals surface area contributed by atoms with E-state index >= 15 is 0 Å². The maximum Gasteiger partial charge on any atom is 0.320 e. The largest absolute Gasteiger partial charge is 0.481 e. The van der Waals surface area contributed by atoms with Crippen LogP contribution in [0.3, 0.4) is 0 Å². The van der Waals surface area contributed by atoms with Crippen LogP contribution in [0.1, 0.15) is 26.7 Å². The van der Waals surface area contributed by atoms with Crippen molar-refractivity contribution in [2.45, 2.75) is 32.7 Å². The summed E-state index contributed by atoms with van der Waals surface area (Å²) in [7, 11) is 3.30. The van der Waals surface area contributed by atoms with Crippen LogP contribution in [0.2, 0.25) is 0 Å². The van der Waals surface area contributed by atoms with Crippen molar-refractivity contribution in [3.8, 4) is 0 Å². The summed E-state index contributed by atoms with van der Waals surface area (Å²) < 4.78 is 0. The van der Waals surface area contributed by atoms with Gasteiger partial charge in [-0.1, -0.05) is 6.92 Å². The van der Waals surface area contributed by atoms with Crippen molar-refractivity contribution in [1.29, 1.82) is 0 Å². The van der Waals surface area contributed by atoms with Gasteiger partial charge in [0, 0.05) is 33.2 Å². The first-order chi connectivity index (χ1) is 9.79. The number of urea groups is 1. The molecule has 1 saturated heterocycles. The molecule has 3 amide bonds. The number of nitrogens with zero attached hydrogens (tertiary/aromatic N) is 3. The first-order valence-electron chi connectivity index (χ1n) is 7.28. The van der Waals surface area contributed by atoms with Gasteiger partial charge < -0.3 is 19.8 Å². The topological polar surface area (TPSA) is 81.2 Å². The summed E-state index contributed by atoms with van der Waals surface area (Å²) in [6, 6.07) is -0.591. The lowest BCUT2D eigenvalue weighted by Crippen LogP contribution is -2.49. The summed E-state index contributed by atoms with van der Waals surface area (Å²) in [5.74, 6) is -1.54. The van der Waals surface area contributed by atoms with Crippen LogP contribution in [-0.2, 0) is 9.59 Å². The van der Waals surface area contributed by atoms with Crippen molar-refractivity contribution >= 4 is 17.9 Å². The second-order valence-corrected chi connectivity index (χ2v) is 5.66. The van der Waals surface area contributed by atoms with Crippen LogP contribution in [0.4, 0.5) is 4.79 Å². The molecule has 0 aromatic heterocycles. The maximum atomic E-state index is 12.6. The number of amides is 3. The Morgan fingerprint density at radius 3 is 2.33 bits per heavy atom. The molecule has 1 N–H and O–H groups in total. The molecular weight excluding hydrogens is 274 g/mol. The predicted molar refractivity (Wildman–Crippen MR) is 77.9 cm³/mol. The van der Waals surface area contributed by atoms with E-state index < -0.39 is 11.9 Å². The Labute approximate surface area is 125 Å². The summed E-state index contributed by atoms with van der Waals surface area (Å²) in [5, 5.41) is 9.13. The van der Waals surface area contributed by atoms with Gasteiger partial charge in [-0.25, -0.2) is 4.79 Å². The molecule has 21 heavy (non-hydrogen) atoms. The van der Waals surface area contributed by atoms with E-state index in [0.29, 0.717) is 19.5 Å². The first kappa shape index (κ1) is 17.3. The molecule has 2 unspecified atom stereocenters. The molecule has 0 aromatic rings. The van der Waals surface area contributed by atoms with Gasteiger partial charge in [0.2, 0.25) is 5.91 Å². The standard InChI is InChI=1S/C14H25N3O4/c1-5-7-16(9-12(18)15(3)4)14(21)17-8-6-11(10(17)2)13(19)20/h10-11H,5-9H2,1-4H3,(H,19,20). The minimum Gasteiger partial charge on any atom is -0.481 e. The Morgan fingerprint density at radius 1 is 1.29 bits per heavy atom. The Morgan fingerprint density at radius 2 is 1.90 bits per heavy atom. The van der Waals surface area contributed by atoms with Gasteiger partial charge in [0.15, 0.2) is 0 Å². The highest BCUT2D eigenvalue weighted by Crippen LogP contribution is 2.25. The Kier molecular flexibility index (Phi) is 5.99. The summed E-state index contributed by atoms with van der Waals surface area (Å²) in [4.78, 5) is 40.0. The second-order valence-electron chi connectivity index (χ2n) is 5.66. The molecule has 0 aliphatic carbocycles. The number of likely N-dealkylation sites (N-methyl/N-ethyl adjacent to an activating group) is 1. The van der Waals surface area contributed by atoms with Crippen molar-refractivity contribution < 1.29 is 19.5 Å². The van der Waals surface area contributed by atoms with Gasteiger partial charge in [-0.2, -0.15) is 0 Å². The molecule has 2 atom stereocenters. The van der Waals surface area contributed by atoms with Crippen molar-refractivity contribution in [1.82, 2.24) is 14.7 Å². The minimum atomic E-state index is -0.871. The summed E-state index contributed by atoms with van der Waals surface area (Å²) >= 11 is 0. The highest BCUT2D eigenvalue weighted by molar-refractivity contribution is 5.84. The quantitative estimate of drug-likeness (QED) is 0.810. The number of rotatable bonds is 5. The number of aliphatic carboxylic acids is 1. The average Bonchev–Trinajstić information content (AvgIpc) is 2.79. The fraction of sp³-hybridized carbons (Fsp3) is 0.786. The molecule has 1 heterocycles. The molecule has 7 nitrogen and oxygen atoms in total. The van der Waals surface area contributed by atoms with E-state index in [2.05, 4.69) is 0 Å². The third-order valence-electron chi connectivity index (χ3n) is 3.91. The smallest absolute Gasteiger partial charge is 0.320 e. The zero-order valence-corrected chi connectivity index (χ0v) is 13.2. The van der Waals surface area contributed by atoms with Crippen LogP contribution in [-0.4, -0.2) is 77.5 Å². The molecule has 120 valence electrons. The van der Waals surface area contributed by atoms with Crippen LogP contribution in [0.5, 0.6) is 0 Å². The number of carbonyl (C=O) groups is 3. The molecule has 1 aliphatic heterocycles. The van der Waals surface area contributed by atoms with Crippen molar-refractivity contribution in [3.63, 3.8) is 0 Å². The van der Waals surface area contributed by atoms with Crippen LogP contribution in [0.15, 0.2) is 0 Å². The summed E-state index contributed by atoms with van der Waals surface area (Å²) in [6.45, 7) is 4.63. The van der Waals surface area contributed by atoms with E-state index in [9.17, 15) is 14.4 Å². The lowest BCUT2D eigenvalue weighted by Gasteiger charge is -2.31. The lowest BCUT2D eigenvalue weighted by atomic mass is 10.0. The SMILES string of the molecule is CCCN(CC(=O)N(C)C)C(=O)N1CCC(C(=O)O)C1C. The Hall–Kier alpha value is -1.79. The molecular formula is C14H25N3O4. The molecule has 7 heteroatoms. The highest BCUT2D eigenvalue weighted by atomic mass is 16.4. The van der Waals surface area contributed by atoms with Gasteiger partial charge in [0.05, 0.1) is 5.92 Å². The van der Waals surface area contributed by atoms with Crippen molar-refractivity contribution in [2.24, 2.45) is 5.92 Å². The van der Waals surface area contributed by atoms with Gasteiger partial charge in [-0.3, -0.25) is 9.59 Å². The third-order valence-corrected chi connectivity index (χ3v) is 3.91. The van der Waals surface area contributed by atoms with Crippen molar-refractivity contribution in [3.05, 3.63) is 0 Å². The summed E-state index contributed by atoms with van der Waals surface area (Å²) in [6.07, 6.45) is 1.21. The highest BCUT2D eigenvalue weighted by Gasteiger charge is 2.39. The number of hydrogen-bond acceptors (Lipinski definition) is 3. The van der Waals surface area contributed by atoms with Crippen LogP contribution >= 0.6 is 0 Å². The molecule has 1 aliphatic rings. The van der Waals surface area contributed by atoms with Gasteiger partial charge in [-0.15, -0.1) is 0 Å². The van der Waals surface area contributed by atoms with Crippen LogP contribution in [0, 0.1) is 5.92 Å². The molecule has 0 radical (unpaired) electrons. The number of likely N-dealkylation sites (tertiary alicyclic amines) is 1. The van der Waals surface area contributed by atoms with Crippen molar-refractivity contribution in [2.75, 3.05) is 33.7 Å². The third kappa shape index (κ3) is 4.09. The molecule has 0 aromatic carbocycles. The summed E-state index contributed by atoms with van der Waals surface area (Å²) in [5.41, 5.74) is 0. The molecule has 0 saturated carbocycles. The predicted octanol–water partition coefficient (Wildman–Crippen LogP) is 0.702. The normalized spacial score (nSPS) is 21.2. The van der Waals surface area contributed by atoms with E-state index in [1.807, 2.05) is 6.92 Å². The molecule has 1 rings (SSSR count). The van der Waals surface area contributed by atoms with E-state index in [-0.39, 0.29) is 24.5 Å². The van der Waals surface area contributed by atoms with E-state index in [0.717, 1.165) is 6.42 Å². The number of carbonyl (C=O) groups excluding carboxylic acids is 2. The Bertz CT molecular complexity index is 411. The zero-order chi connectivity index (χ0) is 16.2. The molecule has 1 fully saturated rings. The fourth-order valence-corrected chi connectivity index (χ4v) is 2.54. The number of carboxylic acid groups (broad SMARTS) is 1. The Balaban J connectivity index is 2.77. The number of hydrogen-bond donors (Lipinski definition) is 1. The lowest BCUT2D eigenvalue weighted by molar-refractivity contribution is -0.142. The second kappa shape index (κ2) is 7.28. The monoisotopic (exact) mass is 299 g/mol. The number of carboxylic acids is 1. The molecule has 0 bridgehead atoms. The fourth-order valence-electron chi connectivity index (χ4n) is 2.54. The van der Waals surface area contributed by atoms with Gasteiger partial charge in [0.1, 0.15) is 6.54 Å². The minimum absolute atomic E-state index is 0.0284.